The number of esters is 1. The van der Waals surface area contributed by atoms with Gasteiger partial charge >= 0.3 is 5.97 Å². The lowest BCUT2D eigenvalue weighted by Gasteiger charge is -2.12. The van der Waals surface area contributed by atoms with Crippen LogP contribution >= 0.6 is 0 Å². The fourth-order valence-electron chi connectivity index (χ4n) is 2.39. The molecule has 0 unspecified atom stereocenters. The van der Waals surface area contributed by atoms with Gasteiger partial charge in [0.05, 0.1) is 7.11 Å². The quantitative estimate of drug-likeness (QED) is 0.436. The van der Waals surface area contributed by atoms with Crippen LogP contribution in [0.5, 0.6) is 0 Å². The van der Waals surface area contributed by atoms with Crippen LogP contribution in [0.25, 0.3) is 0 Å². The Hall–Kier alpha value is -1.83. The minimum Gasteiger partial charge on any atom is -0.466 e. The molecule has 0 N–H and O–H groups in total. The van der Waals surface area contributed by atoms with E-state index in [1.165, 1.54) is 24.7 Å². The average molecular weight is 256 g/mol. The van der Waals surface area contributed by atoms with Crippen LogP contribution in [-0.2, 0) is 22.4 Å². The van der Waals surface area contributed by atoms with Gasteiger partial charge in [0.25, 0.3) is 0 Å². The van der Waals surface area contributed by atoms with Crippen molar-refractivity contribution in [3.8, 4) is 0 Å². The van der Waals surface area contributed by atoms with E-state index in [-0.39, 0.29) is 5.97 Å². The van der Waals surface area contributed by atoms with E-state index in [9.17, 15) is 4.79 Å². The lowest BCUT2D eigenvalue weighted by Crippen LogP contribution is -2.02. The molecule has 0 heterocycles. The Morgan fingerprint density at radius 3 is 2.79 bits per heavy atom. The Balaban J connectivity index is 2.27. The molecule has 1 aliphatic carbocycles. The summed E-state index contributed by atoms with van der Waals surface area (Å²) in [6.45, 7) is 0. The molecule has 0 saturated carbocycles. The SMILES string of the molecule is COC(=O)C=C1C/C=C\CCCc2ccccc2C1. The number of benzene rings is 1. The molecule has 2 heteroatoms. The highest BCUT2D eigenvalue weighted by atomic mass is 16.5. The molecule has 0 saturated heterocycles. The fourth-order valence-corrected chi connectivity index (χ4v) is 2.39. The summed E-state index contributed by atoms with van der Waals surface area (Å²) in [7, 11) is 1.42. The molecule has 2 nitrogen and oxygen atoms in total. The molecule has 0 fully saturated rings. The molecule has 2 rings (SSSR count). The largest absolute Gasteiger partial charge is 0.466 e. The summed E-state index contributed by atoms with van der Waals surface area (Å²) < 4.78 is 4.73. The first-order valence-corrected chi connectivity index (χ1v) is 6.79. The maximum atomic E-state index is 11.4. The van der Waals surface area contributed by atoms with E-state index < -0.39 is 0 Å². The van der Waals surface area contributed by atoms with E-state index in [1.54, 1.807) is 6.08 Å². The number of ether oxygens (including phenoxy) is 1. The summed E-state index contributed by atoms with van der Waals surface area (Å²) in [5, 5.41) is 0. The van der Waals surface area contributed by atoms with Gasteiger partial charge in [-0.3, -0.25) is 0 Å². The lowest BCUT2D eigenvalue weighted by atomic mass is 9.93. The van der Waals surface area contributed by atoms with E-state index in [0.717, 1.165) is 31.3 Å². The van der Waals surface area contributed by atoms with Crippen molar-refractivity contribution in [2.24, 2.45) is 0 Å². The summed E-state index contributed by atoms with van der Waals surface area (Å²) in [5.41, 5.74) is 3.83. The molecular formula is C17H20O2. The van der Waals surface area contributed by atoms with Gasteiger partial charge in [-0.05, 0) is 43.2 Å². The molecule has 1 aromatic carbocycles. The first-order valence-electron chi connectivity index (χ1n) is 6.79. The third-order valence-corrected chi connectivity index (χ3v) is 3.42. The van der Waals surface area contributed by atoms with Gasteiger partial charge in [0.2, 0.25) is 0 Å². The Bertz CT molecular complexity index is 498. The summed E-state index contributed by atoms with van der Waals surface area (Å²) in [6, 6.07) is 8.50. The molecule has 0 amide bonds. The topological polar surface area (TPSA) is 26.3 Å². The first-order chi connectivity index (χ1) is 9.29. The van der Waals surface area contributed by atoms with E-state index >= 15 is 0 Å². The summed E-state index contributed by atoms with van der Waals surface area (Å²) in [6.07, 6.45) is 11.0. The van der Waals surface area contributed by atoms with Crippen molar-refractivity contribution in [1.29, 1.82) is 0 Å². The van der Waals surface area contributed by atoms with Gasteiger partial charge in [-0.25, -0.2) is 4.79 Å². The van der Waals surface area contributed by atoms with Gasteiger partial charge in [0.1, 0.15) is 0 Å². The van der Waals surface area contributed by atoms with Gasteiger partial charge in [-0.2, -0.15) is 0 Å². The standard InChI is InChI=1S/C17H20O2/c1-19-17(18)13-14-8-4-2-3-5-9-15-10-6-7-11-16(15)12-14/h2,4,6-7,10-11,13H,3,5,8-9,12H2,1H3/b4-2-,14-13?. The summed E-state index contributed by atoms with van der Waals surface area (Å²) in [4.78, 5) is 11.4. The van der Waals surface area contributed by atoms with Crippen molar-refractivity contribution in [2.45, 2.75) is 32.1 Å². The second-order valence-electron chi connectivity index (χ2n) is 4.84. The maximum absolute atomic E-state index is 11.4. The van der Waals surface area contributed by atoms with Crippen LogP contribution in [0.15, 0.2) is 48.1 Å². The second kappa shape index (κ2) is 6.93. The number of fused-ring (bicyclic) bond motifs is 1. The molecule has 0 atom stereocenters. The highest BCUT2D eigenvalue weighted by Gasteiger charge is 2.07. The van der Waals surface area contributed by atoms with Crippen LogP contribution in [0.4, 0.5) is 0 Å². The normalized spacial score (nSPS) is 19.5. The molecule has 100 valence electrons. The van der Waals surface area contributed by atoms with Crippen molar-refractivity contribution < 1.29 is 9.53 Å². The van der Waals surface area contributed by atoms with Gasteiger partial charge in [-0.15, -0.1) is 0 Å². The number of methoxy groups -OCH3 is 1. The molecule has 0 bridgehead atoms. The van der Waals surface area contributed by atoms with Crippen molar-refractivity contribution in [1.82, 2.24) is 0 Å². The Labute approximate surface area is 114 Å². The maximum Gasteiger partial charge on any atom is 0.330 e. The molecule has 0 aromatic heterocycles. The van der Waals surface area contributed by atoms with Gasteiger partial charge in [0.15, 0.2) is 0 Å². The minimum absolute atomic E-state index is 0.266. The monoisotopic (exact) mass is 256 g/mol. The number of carbonyl (C=O) groups is 1. The predicted molar refractivity (Wildman–Crippen MR) is 76.9 cm³/mol. The van der Waals surface area contributed by atoms with Crippen LogP contribution in [-0.4, -0.2) is 13.1 Å². The Morgan fingerprint density at radius 2 is 2.00 bits per heavy atom. The van der Waals surface area contributed by atoms with Crippen molar-refractivity contribution >= 4 is 5.97 Å². The zero-order valence-corrected chi connectivity index (χ0v) is 11.4. The van der Waals surface area contributed by atoms with E-state index in [1.807, 2.05) is 0 Å². The molecule has 0 spiro atoms. The minimum atomic E-state index is -0.266. The number of hydrogen-bond donors (Lipinski definition) is 0. The number of aryl methyl sites for hydroxylation is 1. The van der Waals surface area contributed by atoms with Crippen LogP contribution < -0.4 is 0 Å². The van der Waals surface area contributed by atoms with E-state index in [2.05, 4.69) is 36.4 Å². The molecule has 19 heavy (non-hydrogen) atoms. The highest BCUT2D eigenvalue weighted by Crippen LogP contribution is 2.20. The van der Waals surface area contributed by atoms with Crippen molar-refractivity contribution in [2.75, 3.05) is 7.11 Å². The van der Waals surface area contributed by atoms with E-state index in [4.69, 9.17) is 4.74 Å². The molecule has 0 aliphatic heterocycles. The Morgan fingerprint density at radius 1 is 1.21 bits per heavy atom. The second-order valence-corrected chi connectivity index (χ2v) is 4.84. The van der Waals surface area contributed by atoms with Crippen LogP contribution in [0, 0.1) is 0 Å². The smallest absolute Gasteiger partial charge is 0.330 e. The number of rotatable bonds is 1. The van der Waals surface area contributed by atoms with E-state index in [0.29, 0.717) is 0 Å². The van der Waals surface area contributed by atoms with Gasteiger partial charge in [-0.1, -0.05) is 42.0 Å². The predicted octanol–water partition coefficient (Wildman–Crippen LogP) is 3.61. The average Bonchev–Trinajstić information content (AvgIpc) is 2.44. The number of allylic oxidation sites excluding steroid dienone is 3. The third kappa shape index (κ3) is 4.09. The highest BCUT2D eigenvalue weighted by molar-refractivity contribution is 5.82. The molecular weight excluding hydrogens is 236 g/mol. The van der Waals surface area contributed by atoms with Crippen LogP contribution in [0.2, 0.25) is 0 Å². The molecule has 1 aromatic rings. The first kappa shape index (κ1) is 13.6. The van der Waals surface area contributed by atoms with Crippen LogP contribution in [0.1, 0.15) is 30.4 Å². The lowest BCUT2D eigenvalue weighted by molar-refractivity contribution is -0.134. The van der Waals surface area contributed by atoms with Gasteiger partial charge in [0, 0.05) is 6.08 Å². The van der Waals surface area contributed by atoms with Gasteiger partial charge < -0.3 is 4.74 Å². The fraction of sp³-hybridized carbons (Fsp3) is 0.353. The molecule has 0 radical (unpaired) electrons. The van der Waals surface area contributed by atoms with Crippen LogP contribution in [0.3, 0.4) is 0 Å². The van der Waals surface area contributed by atoms with Crippen molar-refractivity contribution in [3.05, 3.63) is 59.2 Å². The van der Waals surface area contributed by atoms with Crippen molar-refractivity contribution in [3.63, 3.8) is 0 Å². The zero-order valence-electron chi connectivity index (χ0n) is 11.4. The number of hydrogen-bond acceptors (Lipinski definition) is 2. The summed E-state index contributed by atoms with van der Waals surface area (Å²) in [5.74, 6) is -0.266. The zero-order chi connectivity index (χ0) is 13.5. The number of carbonyl (C=O) groups excluding carboxylic acids is 1. The third-order valence-electron chi connectivity index (χ3n) is 3.42. The Kier molecular flexibility index (Phi) is 4.96. The molecule has 1 aliphatic rings. The summed E-state index contributed by atoms with van der Waals surface area (Å²) >= 11 is 0.